The molecule has 2 rings (SSSR count). The van der Waals surface area contributed by atoms with Crippen molar-refractivity contribution < 1.29 is 4.39 Å². The van der Waals surface area contributed by atoms with Crippen LogP contribution in [-0.2, 0) is 6.54 Å². The molecule has 1 atom stereocenters. The van der Waals surface area contributed by atoms with Gasteiger partial charge in [-0.25, -0.2) is 9.37 Å². The van der Waals surface area contributed by atoms with Gasteiger partial charge in [0.05, 0.1) is 10.5 Å². The molecule has 0 saturated heterocycles. The van der Waals surface area contributed by atoms with Crippen LogP contribution in [0.3, 0.4) is 0 Å². The Morgan fingerprint density at radius 2 is 2.21 bits per heavy atom. The topological polar surface area (TPSA) is 29.9 Å². The monoisotopic (exact) mass is 325 g/mol. The van der Waals surface area contributed by atoms with Crippen LogP contribution in [0.25, 0.3) is 0 Å². The maximum atomic E-state index is 13.7. The van der Waals surface area contributed by atoms with Crippen molar-refractivity contribution in [2.75, 3.05) is 6.54 Å². The molecular formula is C14H17BrFN3. The van der Waals surface area contributed by atoms with Gasteiger partial charge in [-0.15, -0.1) is 0 Å². The van der Waals surface area contributed by atoms with Crippen LogP contribution in [0.1, 0.15) is 31.3 Å². The van der Waals surface area contributed by atoms with Gasteiger partial charge in [-0.3, -0.25) is 0 Å². The van der Waals surface area contributed by atoms with Crippen molar-refractivity contribution in [2.45, 2.75) is 26.4 Å². The number of benzene rings is 1. The van der Waals surface area contributed by atoms with Gasteiger partial charge in [0.15, 0.2) is 0 Å². The molecule has 1 unspecified atom stereocenters. The summed E-state index contributed by atoms with van der Waals surface area (Å²) in [6.07, 6.45) is 3.72. The van der Waals surface area contributed by atoms with Gasteiger partial charge in [0.1, 0.15) is 11.6 Å². The second-order valence-corrected chi connectivity index (χ2v) is 5.09. The van der Waals surface area contributed by atoms with E-state index in [1.165, 1.54) is 0 Å². The van der Waals surface area contributed by atoms with Crippen LogP contribution in [0.4, 0.5) is 4.39 Å². The Hall–Kier alpha value is -1.20. The number of aryl methyl sites for hydroxylation is 1. The Kier molecular flexibility index (Phi) is 4.71. The fourth-order valence-corrected chi connectivity index (χ4v) is 2.35. The minimum absolute atomic E-state index is 0.0949. The highest BCUT2D eigenvalue weighted by molar-refractivity contribution is 9.10. The normalized spacial score (nSPS) is 12.6. The summed E-state index contributed by atoms with van der Waals surface area (Å²) >= 11 is 3.18. The standard InChI is InChI=1S/C14H17BrFN3/c1-3-17-13(14-18-7-8-19(14)4-2)10-5-6-11(15)12(16)9-10/h5-9,13,17H,3-4H2,1-2H3. The van der Waals surface area contributed by atoms with Crippen LogP contribution < -0.4 is 5.32 Å². The third-order valence-electron chi connectivity index (χ3n) is 3.03. The Morgan fingerprint density at radius 3 is 2.84 bits per heavy atom. The zero-order valence-electron chi connectivity index (χ0n) is 11.0. The summed E-state index contributed by atoms with van der Waals surface area (Å²) in [5.41, 5.74) is 0.878. The predicted octanol–water partition coefficient (Wildman–Crippen LogP) is 3.50. The Labute approximate surface area is 121 Å². The SMILES string of the molecule is CCNC(c1ccc(Br)c(F)c1)c1nccn1CC. The lowest BCUT2D eigenvalue weighted by Gasteiger charge is -2.19. The quantitative estimate of drug-likeness (QED) is 0.911. The smallest absolute Gasteiger partial charge is 0.137 e. The molecule has 0 amide bonds. The molecule has 1 N–H and O–H groups in total. The zero-order valence-corrected chi connectivity index (χ0v) is 12.6. The molecule has 102 valence electrons. The first-order valence-corrected chi connectivity index (χ1v) is 7.16. The zero-order chi connectivity index (χ0) is 13.8. The second kappa shape index (κ2) is 6.30. The van der Waals surface area contributed by atoms with Crippen LogP contribution in [0.5, 0.6) is 0 Å². The number of hydrogen-bond acceptors (Lipinski definition) is 2. The molecule has 0 fully saturated rings. The fraction of sp³-hybridized carbons (Fsp3) is 0.357. The molecule has 5 heteroatoms. The summed E-state index contributed by atoms with van der Waals surface area (Å²) in [7, 11) is 0. The first kappa shape index (κ1) is 14.2. The number of hydrogen-bond donors (Lipinski definition) is 1. The average Bonchev–Trinajstić information content (AvgIpc) is 2.87. The van der Waals surface area contributed by atoms with Crippen molar-refractivity contribution in [3.8, 4) is 0 Å². The number of rotatable bonds is 5. The van der Waals surface area contributed by atoms with Gasteiger partial charge < -0.3 is 9.88 Å². The summed E-state index contributed by atoms with van der Waals surface area (Å²) in [4.78, 5) is 4.40. The molecule has 19 heavy (non-hydrogen) atoms. The van der Waals surface area contributed by atoms with Crippen molar-refractivity contribution in [2.24, 2.45) is 0 Å². The Morgan fingerprint density at radius 1 is 1.42 bits per heavy atom. The molecular weight excluding hydrogens is 309 g/mol. The lowest BCUT2D eigenvalue weighted by molar-refractivity contribution is 0.552. The van der Waals surface area contributed by atoms with Crippen LogP contribution in [0.2, 0.25) is 0 Å². The van der Waals surface area contributed by atoms with Crippen LogP contribution in [0, 0.1) is 5.82 Å². The number of imidazole rings is 1. The van der Waals surface area contributed by atoms with E-state index in [2.05, 4.69) is 37.7 Å². The summed E-state index contributed by atoms with van der Waals surface area (Å²) in [5.74, 6) is 0.654. The van der Waals surface area contributed by atoms with Crippen molar-refractivity contribution in [3.63, 3.8) is 0 Å². The first-order valence-electron chi connectivity index (χ1n) is 6.36. The fourth-order valence-electron chi connectivity index (χ4n) is 2.10. The maximum absolute atomic E-state index is 13.7. The molecule has 1 aromatic carbocycles. The van der Waals surface area contributed by atoms with Crippen LogP contribution in [0.15, 0.2) is 35.1 Å². The van der Waals surface area contributed by atoms with Crippen molar-refractivity contribution in [1.82, 2.24) is 14.9 Å². The molecule has 1 aromatic heterocycles. The molecule has 0 aliphatic heterocycles. The van der Waals surface area contributed by atoms with E-state index in [1.54, 1.807) is 18.3 Å². The molecule has 0 aliphatic rings. The molecule has 0 bridgehead atoms. The Balaban J connectivity index is 2.42. The molecule has 3 nitrogen and oxygen atoms in total. The maximum Gasteiger partial charge on any atom is 0.137 e. The van der Waals surface area contributed by atoms with Gasteiger partial charge in [-0.05, 0) is 47.1 Å². The van der Waals surface area contributed by atoms with E-state index in [4.69, 9.17) is 0 Å². The minimum Gasteiger partial charge on any atom is -0.334 e. The lowest BCUT2D eigenvalue weighted by Crippen LogP contribution is -2.25. The molecule has 2 aromatic rings. The second-order valence-electron chi connectivity index (χ2n) is 4.24. The van der Waals surface area contributed by atoms with Gasteiger partial charge in [-0.1, -0.05) is 13.0 Å². The molecule has 0 spiro atoms. The summed E-state index contributed by atoms with van der Waals surface area (Å²) in [6, 6.07) is 5.10. The average molecular weight is 326 g/mol. The van der Waals surface area contributed by atoms with E-state index in [9.17, 15) is 4.39 Å². The van der Waals surface area contributed by atoms with Crippen molar-refractivity contribution >= 4 is 15.9 Å². The minimum atomic E-state index is -0.255. The van der Waals surface area contributed by atoms with E-state index < -0.39 is 0 Å². The Bertz CT molecular complexity index is 553. The van der Waals surface area contributed by atoms with E-state index >= 15 is 0 Å². The number of halogens is 2. The largest absolute Gasteiger partial charge is 0.334 e. The highest BCUT2D eigenvalue weighted by atomic mass is 79.9. The van der Waals surface area contributed by atoms with Crippen LogP contribution in [-0.4, -0.2) is 16.1 Å². The van der Waals surface area contributed by atoms with Gasteiger partial charge >= 0.3 is 0 Å². The van der Waals surface area contributed by atoms with Crippen molar-refractivity contribution in [1.29, 1.82) is 0 Å². The third kappa shape index (κ3) is 3.04. The van der Waals surface area contributed by atoms with Gasteiger partial charge in [0.2, 0.25) is 0 Å². The van der Waals surface area contributed by atoms with E-state index in [0.29, 0.717) is 4.47 Å². The van der Waals surface area contributed by atoms with E-state index in [0.717, 1.165) is 24.5 Å². The molecule has 1 heterocycles. The molecule has 0 aliphatic carbocycles. The summed E-state index contributed by atoms with van der Waals surface area (Å²) in [5, 5.41) is 3.36. The molecule has 0 saturated carbocycles. The lowest BCUT2D eigenvalue weighted by atomic mass is 10.1. The predicted molar refractivity (Wildman–Crippen MR) is 77.5 cm³/mol. The molecule has 0 radical (unpaired) electrons. The van der Waals surface area contributed by atoms with Crippen LogP contribution >= 0.6 is 15.9 Å². The summed E-state index contributed by atoms with van der Waals surface area (Å²) < 4.78 is 16.2. The first-order chi connectivity index (χ1) is 9.17. The van der Waals surface area contributed by atoms with E-state index in [-0.39, 0.29) is 11.9 Å². The van der Waals surface area contributed by atoms with Gasteiger partial charge in [-0.2, -0.15) is 0 Å². The number of nitrogens with zero attached hydrogens (tertiary/aromatic N) is 2. The number of nitrogens with one attached hydrogen (secondary N) is 1. The van der Waals surface area contributed by atoms with Gasteiger partial charge in [0, 0.05) is 18.9 Å². The van der Waals surface area contributed by atoms with E-state index in [1.807, 2.05) is 19.2 Å². The number of aromatic nitrogens is 2. The van der Waals surface area contributed by atoms with Gasteiger partial charge in [0.25, 0.3) is 0 Å². The third-order valence-corrected chi connectivity index (χ3v) is 3.67. The van der Waals surface area contributed by atoms with Crippen molar-refractivity contribution in [3.05, 3.63) is 52.3 Å². The highest BCUT2D eigenvalue weighted by Gasteiger charge is 2.18. The highest BCUT2D eigenvalue weighted by Crippen LogP contribution is 2.24. The summed E-state index contributed by atoms with van der Waals surface area (Å²) in [6.45, 7) is 5.73.